The number of halogens is 1. The average molecular weight is 495 g/mol. The molecule has 6 nitrogen and oxygen atoms in total. The fourth-order valence-corrected chi connectivity index (χ4v) is 3.56. The van der Waals surface area contributed by atoms with Gasteiger partial charge in [-0.1, -0.05) is 52.3 Å². The van der Waals surface area contributed by atoms with Crippen molar-refractivity contribution < 1.29 is 19.1 Å². The Morgan fingerprint density at radius 1 is 0.875 bits per heavy atom. The second kappa shape index (κ2) is 11.2. The zero-order chi connectivity index (χ0) is 22.9. The number of aryl methyl sites for hydroxylation is 1. The summed E-state index contributed by atoms with van der Waals surface area (Å²) in [6, 6.07) is 23.9. The van der Waals surface area contributed by atoms with E-state index in [0.29, 0.717) is 17.1 Å². The Labute approximate surface area is 195 Å². The Bertz CT molecular complexity index is 1050. The minimum absolute atomic E-state index is 0.0456. The van der Waals surface area contributed by atoms with E-state index in [1.54, 1.807) is 11.0 Å². The highest BCUT2D eigenvalue weighted by Crippen LogP contribution is 2.26. The van der Waals surface area contributed by atoms with Crippen LogP contribution < -0.4 is 10.2 Å². The molecule has 0 aliphatic heterocycles. The standard InChI is InChI=1S/C25H23BrN2O4/c1-18-16-19(26)12-13-22(18)27-23(29)17-32-25(31)15-14-24(30)28(20-8-4-2-5-9-20)21-10-6-3-7-11-21/h2-13,16H,14-15,17H2,1H3,(H,27,29). The molecule has 0 unspecified atom stereocenters. The highest BCUT2D eigenvalue weighted by Gasteiger charge is 2.19. The van der Waals surface area contributed by atoms with Gasteiger partial charge in [-0.25, -0.2) is 0 Å². The van der Waals surface area contributed by atoms with Gasteiger partial charge in [-0.05, 0) is 55.0 Å². The Balaban J connectivity index is 1.53. The molecule has 3 aromatic rings. The Hall–Kier alpha value is -3.45. The molecule has 0 saturated carbocycles. The smallest absolute Gasteiger partial charge is 0.306 e. The van der Waals surface area contributed by atoms with Gasteiger partial charge in [0.25, 0.3) is 5.91 Å². The van der Waals surface area contributed by atoms with Crippen molar-refractivity contribution >= 4 is 50.8 Å². The van der Waals surface area contributed by atoms with Crippen molar-refractivity contribution in [2.45, 2.75) is 19.8 Å². The van der Waals surface area contributed by atoms with Crippen LogP contribution in [0.25, 0.3) is 0 Å². The normalized spacial score (nSPS) is 10.3. The number of nitrogens with one attached hydrogen (secondary N) is 1. The van der Waals surface area contributed by atoms with Gasteiger partial charge in [-0.15, -0.1) is 0 Å². The summed E-state index contributed by atoms with van der Waals surface area (Å²) < 4.78 is 5.96. The van der Waals surface area contributed by atoms with Gasteiger partial charge in [0.1, 0.15) is 0 Å². The topological polar surface area (TPSA) is 75.7 Å². The predicted octanol–water partition coefficient (Wildman–Crippen LogP) is 5.38. The summed E-state index contributed by atoms with van der Waals surface area (Å²) >= 11 is 3.37. The van der Waals surface area contributed by atoms with E-state index in [1.807, 2.05) is 79.7 Å². The van der Waals surface area contributed by atoms with Crippen LogP contribution in [-0.2, 0) is 19.1 Å². The molecular formula is C25H23BrN2O4. The van der Waals surface area contributed by atoms with E-state index in [0.717, 1.165) is 10.0 Å². The number of hydrogen-bond donors (Lipinski definition) is 1. The van der Waals surface area contributed by atoms with Crippen LogP contribution in [0.1, 0.15) is 18.4 Å². The number of anilines is 3. The van der Waals surface area contributed by atoms with Crippen LogP contribution in [-0.4, -0.2) is 24.4 Å². The molecule has 1 N–H and O–H groups in total. The Morgan fingerprint density at radius 3 is 2.03 bits per heavy atom. The zero-order valence-electron chi connectivity index (χ0n) is 17.6. The number of ether oxygens (including phenoxy) is 1. The van der Waals surface area contributed by atoms with Gasteiger partial charge in [0, 0.05) is 28.0 Å². The molecule has 0 fully saturated rings. The van der Waals surface area contributed by atoms with Crippen molar-refractivity contribution in [1.82, 2.24) is 0 Å². The van der Waals surface area contributed by atoms with Crippen LogP contribution in [0.3, 0.4) is 0 Å². The summed E-state index contributed by atoms with van der Waals surface area (Å²) in [5.41, 5.74) is 2.94. The summed E-state index contributed by atoms with van der Waals surface area (Å²) in [6.45, 7) is 1.45. The summed E-state index contributed by atoms with van der Waals surface area (Å²) in [6.07, 6.45) is -0.171. The molecular weight excluding hydrogens is 472 g/mol. The lowest BCUT2D eigenvalue weighted by molar-refractivity contribution is -0.148. The lowest BCUT2D eigenvalue weighted by Gasteiger charge is -2.23. The summed E-state index contributed by atoms with van der Waals surface area (Å²) in [5.74, 6) is -1.29. The quantitative estimate of drug-likeness (QED) is 0.426. The number of hydrogen-bond acceptors (Lipinski definition) is 4. The van der Waals surface area contributed by atoms with Crippen LogP contribution in [0.5, 0.6) is 0 Å². The van der Waals surface area contributed by atoms with Gasteiger partial charge in [-0.2, -0.15) is 0 Å². The summed E-state index contributed by atoms with van der Waals surface area (Å²) in [5, 5.41) is 2.71. The second-order valence-corrected chi connectivity index (χ2v) is 7.98. The first-order chi connectivity index (χ1) is 15.4. The molecule has 7 heteroatoms. The predicted molar refractivity (Wildman–Crippen MR) is 128 cm³/mol. The molecule has 2 amide bonds. The van der Waals surface area contributed by atoms with Crippen molar-refractivity contribution in [3.05, 3.63) is 88.9 Å². The van der Waals surface area contributed by atoms with Gasteiger partial charge < -0.3 is 10.1 Å². The third-order valence-electron chi connectivity index (χ3n) is 4.65. The van der Waals surface area contributed by atoms with E-state index >= 15 is 0 Å². The highest BCUT2D eigenvalue weighted by atomic mass is 79.9. The lowest BCUT2D eigenvalue weighted by atomic mass is 10.2. The molecule has 3 rings (SSSR count). The molecule has 0 saturated heterocycles. The van der Waals surface area contributed by atoms with E-state index < -0.39 is 18.5 Å². The number of para-hydroxylation sites is 2. The van der Waals surface area contributed by atoms with Crippen molar-refractivity contribution in [2.24, 2.45) is 0 Å². The molecule has 164 valence electrons. The molecule has 0 radical (unpaired) electrons. The molecule has 0 heterocycles. The van der Waals surface area contributed by atoms with E-state index in [1.165, 1.54) is 0 Å². The number of nitrogens with zero attached hydrogens (tertiary/aromatic N) is 1. The number of esters is 1. The highest BCUT2D eigenvalue weighted by molar-refractivity contribution is 9.10. The van der Waals surface area contributed by atoms with E-state index in [4.69, 9.17) is 4.74 Å². The van der Waals surface area contributed by atoms with Crippen molar-refractivity contribution in [2.75, 3.05) is 16.8 Å². The number of benzene rings is 3. The second-order valence-electron chi connectivity index (χ2n) is 7.07. The van der Waals surface area contributed by atoms with Crippen molar-refractivity contribution in [3.8, 4) is 0 Å². The van der Waals surface area contributed by atoms with Crippen LogP contribution in [0.15, 0.2) is 83.3 Å². The molecule has 0 spiro atoms. The molecule has 0 aromatic heterocycles. The third-order valence-corrected chi connectivity index (χ3v) is 5.14. The largest absolute Gasteiger partial charge is 0.456 e. The van der Waals surface area contributed by atoms with Crippen LogP contribution >= 0.6 is 15.9 Å². The number of rotatable bonds is 8. The van der Waals surface area contributed by atoms with Crippen molar-refractivity contribution in [3.63, 3.8) is 0 Å². The number of carbonyl (C=O) groups excluding carboxylic acids is 3. The number of amides is 2. The maximum atomic E-state index is 12.9. The SMILES string of the molecule is Cc1cc(Br)ccc1NC(=O)COC(=O)CCC(=O)N(c1ccccc1)c1ccccc1. The van der Waals surface area contributed by atoms with Crippen LogP contribution in [0, 0.1) is 6.92 Å². The first-order valence-electron chi connectivity index (χ1n) is 10.1. The minimum atomic E-state index is -0.609. The minimum Gasteiger partial charge on any atom is -0.456 e. The van der Waals surface area contributed by atoms with Crippen molar-refractivity contribution in [1.29, 1.82) is 0 Å². The monoisotopic (exact) mass is 494 g/mol. The molecule has 0 bridgehead atoms. The first-order valence-corrected chi connectivity index (χ1v) is 10.9. The molecule has 0 aliphatic rings. The van der Waals surface area contributed by atoms with Gasteiger partial charge in [0.05, 0.1) is 6.42 Å². The fourth-order valence-electron chi connectivity index (χ4n) is 3.08. The summed E-state index contributed by atoms with van der Waals surface area (Å²) in [7, 11) is 0. The van der Waals surface area contributed by atoms with E-state index in [9.17, 15) is 14.4 Å². The maximum Gasteiger partial charge on any atom is 0.306 e. The number of carbonyl (C=O) groups is 3. The van der Waals surface area contributed by atoms with Gasteiger partial charge in [0.2, 0.25) is 5.91 Å². The van der Waals surface area contributed by atoms with Crippen LogP contribution in [0.2, 0.25) is 0 Å². The van der Waals surface area contributed by atoms with Gasteiger partial charge >= 0.3 is 5.97 Å². The van der Waals surface area contributed by atoms with Gasteiger partial charge in [0.15, 0.2) is 6.61 Å². The summed E-state index contributed by atoms with van der Waals surface area (Å²) in [4.78, 5) is 38.7. The average Bonchev–Trinajstić information content (AvgIpc) is 2.80. The van der Waals surface area contributed by atoms with Gasteiger partial charge in [-0.3, -0.25) is 19.3 Å². The molecule has 32 heavy (non-hydrogen) atoms. The molecule has 3 aromatic carbocycles. The Morgan fingerprint density at radius 2 is 1.47 bits per heavy atom. The lowest BCUT2D eigenvalue weighted by Crippen LogP contribution is -2.27. The first kappa shape index (κ1) is 23.2. The van der Waals surface area contributed by atoms with E-state index in [2.05, 4.69) is 21.2 Å². The fraction of sp³-hybridized carbons (Fsp3) is 0.160. The zero-order valence-corrected chi connectivity index (χ0v) is 19.2. The van der Waals surface area contributed by atoms with Crippen LogP contribution in [0.4, 0.5) is 17.1 Å². The Kier molecular flexibility index (Phi) is 8.16. The maximum absolute atomic E-state index is 12.9. The molecule has 0 atom stereocenters. The van der Waals surface area contributed by atoms with E-state index in [-0.39, 0.29) is 18.7 Å². The third kappa shape index (κ3) is 6.52. The molecule has 0 aliphatic carbocycles.